The van der Waals surface area contributed by atoms with Crippen LogP contribution in [-0.4, -0.2) is 36.2 Å². The molecule has 3 aromatic rings. The first kappa shape index (κ1) is 21.7. The fourth-order valence-corrected chi connectivity index (χ4v) is 3.72. The maximum Gasteiger partial charge on any atom is 0.306 e. The molecule has 0 fully saturated rings. The third-order valence-electron chi connectivity index (χ3n) is 5.17. The second-order valence-electron chi connectivity index (χ2n) is 7.31. The fourth-order valence-electron chi connectivity index (χ4n) is 3.72. The van der Waals surface area contributed by atoms with Crippen LogP contribution in [0.4, 0.5) is 5.82 Å². The van der Waals surface area contributed by atoms with E-state index in [1.165, 1.54) is 0 Å². The molecule has 0 saturated carbocycles. The quantitative estimate of drug-likeness (QED) is 0.433. The van der Waals surface area contributed by atoms with Gasteiger partial charge >= 0.3 is 5.97 Å². The van der Waals surface area contributed by atoms with E-state index in [4.69, 9.17) is 9.47 Å². The number of pyridine rings is 1. The van der Waals surface area contributed by atoms with Crippen LogP contribution >= 0.6 is 0 Å². The summed E-state index contributed by atoms with van der Waals surface area (Å²) in [4.78, 5) is 19.9. The molecule has 0 aliphatic heterocycles. The normalized spacial score (nSPS) is 12.0. The molecule has 0 radical (unpaired) electrons. The Morgan fingerprint density at radius 1 is 1.23 bits per heavy atom. The molecule has 0 bridgehead atoms. The second kappa shape index (κ2) is 10.7. The van der Waals surface area contributed by atoms with Crippen molar-refractivity contribution in [3.8, 4) is 5.75 Å². The van der Waals surface area contributed by atoms with Gasteiger partial charge in [-0.05, 0) is 55.2 Å². The third kappa shape index (κ3) is 5.53. The Kier molecular flexibility index (Phi) is 7.71. The molecular formula is C24H31N3O3. The smallest absolute Gasteiger partial charge is 0.306 e. The topological polar surface area (TPSA) is 76.2 Å². The molecule has 2 aromatic heterocycles. The largest absolute Gasteiger partial charge is 0.493 e. The minimum Gasteiger partial charge on any atom is -0.493 e. The van der Waals surface area contributed by atoms with Crippen molar-refractivity contribution in [1.29, 1.82) is 0 Å². The Balaban J connectivity index is 1.72. The molecule has 1 aromatic carbocycles. The van der Waals surface area contributed by atoms with E-state index in [1.807, 2.05) is 50.5 Å². The molecule has 6 heteroatoms. The molecule has 2 N–H and O–H groups in total. The van der Waals surface area contributed by atoms with E-state index in [0.717, 1.165) is 53.0 Å². The molecule has 6 nitrogen and oxygen atoms in total. The van der Waals surface area contributed by atoms with E-state index in [0.29, 0.717) is 19.6 Å². The average Bonchev–Trinajstić information content (AvgIpc) is 3.17. The number of carbonyl (C=O) groups is 1. The predicted molar refractivity (Wildman–Crippen MR) is 120 cm³/mol. The van der Waals surface area contributed by atoms with Gasteiger partial charge in [-0.25, -0.2) is 4.98 Å². The van der Waals surface area contributed by atoms with Gasteiger partial charge in [-0.3, -0.25) is 4.79 Å². The minimum absolute atomic E-state index is 0.131. The van der Waals surface area contributed by atoms with Crippen LogP contribution in [0.3, 0.4) is 0 Å². The lowest BCUT2D eigenvalue weighted by molar-refractivity contribution is -0.143. The zero-order valence-electron chi connectivity index (χ0n) is 18.0. The number of fused-ring (bicyclic) bond motifs is 1. The summed E-state index contributed by atoms with van der Waals surface area (Å²) in [6, 6.07) is 12.0. The number of benzene rings is 1. The molecule has 0 aliphatic carbocycles. The summed E-state index contributed by atoms with van der Waals surface area (Å²) < 4.78 is 11.2. The Labute approximate surface area is 178 Å². The van der Waals surface area contributed by atoms with Crippen LogP contribution in [0.25, 0.3) is 10.9 Å². The van der Waals surface area contributed by atoms with E-state index >= 15 is 0 Å². The lowest BCUT2D eigenvalue weighted by Gasteiger charge is -2.15. The Morgan fingerprint density at radius 2 is 2.10 bits per heavy atom. The lowest BCUT2D eigenvalue weighted by Crippen LogP contribution is -2.10. The number of anilines is 1. The molecule has 1 atom stereocenters. The Hall–Kier alpha value is -3.02. The highest BCUT2D eigenvalue weighted by atomic mass is 16.5. The molecule has 0 saturated heterocycles. The Morgan fingerprint density at radius 3 is 2.87 bits per heavy atom. The highest BCUT2D eigenvalue weighted by Crippen LogP contribution is 2.33. The van der Waals surface area contributed by atoms with Crippen LogP contribution in [-0.2, 0) is 16.0 Å². The zero-order chi connectivity index (χ0) is 21.3. The van der Waals surface area contributed by atoms with Gasteiger partial charge in [0.25, 0.3) is 0 Å². The number of carbonyl (C=O) groups excluding carboxylic acids is 1. The van der Waals surface area contributed by atoms with E-state index < -0.39 is 0 Å². The summed E-state index contributed by atoms with van der Waals surface area (Å²) in [6.45, 7) is 4.94. The average molecular weight is 410 g/mol. The molecule has 0 aliphatic rings. The van der Waals surface area contributed by atoms with Gasteiger partial charge in [-0.2, -0.15) is 0 Å². The summed E-state index contributed by atoms with van der Waals surface area (Å²) in [6.07, 6.45) is 5.08. The van der Waals surface area contributed by atoms with Gasteiger partial charge in [-0.15, -0.1) is 0 Å². The first-order chi connectivity index (χ1) is 14.6. The van der Waals surface area contributed by atoms with Crippen molar-refractivity contribution in [1.82, 2.24) is 9.97 Å². The van der Waals surface area contributed by atoms with Crippen LogP contribution < -0.4 is 10.1 Å². The fraction of sp³-hybridized carbons (Fsp3) is 0.417. The number of hydrogen-bond donors (Lipinski definition) is 2. The first-order valence-electron chi connectivity index (χ1n) is 10.7. The van der Waals surface area contributed by atoms with Crippen LogP contribution in [0.1, 0.15) is 50.3 Å². The monoisotopic (exact) mass is 409 g/mol. The number of aromatic amines is 1. The predicted octanol–water partition coefficient (Wildman–Crippen LogP) is 5.06. The third-order valence-corrected chi connectivity index (χ3v) is 5.17. The van der Waals surface area contributed by atoms with Crippen molar-refractivity contribution in [2.24, 2.45) is 0 Å². The molecule has 1 unspecified atom stereocenters. The number of esters is 1. The minimum atomic E-state index is -0.144. The van der Waals surface area contributed by atoms with Crippen molar-refractivity contribution in [2.75, 3.05) is 25.6 Å². The lowest BCUT2D eigenvalue weighted by atomic mass is 9.91. The highest BCUT2D eigenvalue weighted by Gasteiger charge is 2.20. The summed E-state index contributed by atoms with van der Waals surface area (Å²) in [7, 11) is 1.86. The highest BCUT2D eigenvalue weighted by molar-refractivity contribution is 5.86. The number of H-pyrrole nitrogens is 1. The molecule has 2 heterocycles. The van der Waals surface area contributed by atoms with Crippen LogP contribution in [0.2, 0.25) is 0 Å². The maximum atomic E-state index is 12.1. The number of aromatic nitrogens is 2. The SMILES string of the molecule is CCCC(CC(=O)OCC)c1c[nH]c2ccc(OCCc3cccc(NC)n3)cc12. The van der Waals surface area contributed by atoms with Crippen molar-refractivity contribution >= 4 is 22.7 Å². The van der Waals surface area contributed by atoms with Crippen molar-refractivity contribution < 1.29 is 14.3 Å². The Bertz CT molecular complexity index is 967. The van der Waals surface area contributed by atoms with Gasteiger partial charge in [0.1, 0.15) is 11.6 Å². The van der Waals surface area contributed by atoms with E-state index in [1.54, 1.807) is 0 Å². The summed E-state index contributed by atoms with van der Waals surface area (Å²) in [5, 5.41) is 4.16. The molecule has 30 heavy (non-hydrogen) atoms. The van der Waals surface area contributed by atoms with E-state index in [2.05, 4.69) is 28.3 Å². The van der Waals surface area contributed by atoms with Gasteiger partial charge in [0.15, 0.2) is 0 Å². The molecule has 3 rings (SSSR count). The summed E-state index contributed by atoms with van der Waals surface area (Å²) in [5.74, 6) is 1.66. The van der Waals surface area contributed by atoms with Crippen molar-refractivity contribution in [3.05, 3.63) is 53.9 Å². The molecular weight excluding hydrogens is 378 g/mol. The van der Waals surface area contributed by atoms with Gasteiger partial charge < -0.3 is 19.8 Å². The number of nitrogens with one attached hydrogen (secondary N) is 2. The molecule has 0 amide bonds. The van der Waals surface area contributed by atoms with Crippen molar-refractivity contribution in [2.45, 2.75) is 45.4 Å². The zero-order valence-corrected chi connectivity index (χ0v) is 18.0. The van der Waals surface area contributed by atoms with Gasteiger partial charge in [0.2, 0.25) is 0 Å². The van der Waals surface area contributed by atoms with Gasteiger partial charge in [-0.1, -0.05) is 19.4 Å². The summed E-state index contributed by atoms with van der Waals surface area (Å²) in [5.41, 5.74) is 3.18. The molecule has 160 valence electrons. The number of ether oxygens (including phenoxy) is 2. The second-order valence-corrected chi connectivity index (χ2v) is 7.31. The van der Waals surface area contributed by atoms with Gasteiger partial charge in [0, 0.05) is 36.3 Å². The first-order valence-corrected chi connectivity index (χ1v) is 10.7. The maximum absolute atomic E-state index is 12.1. The number of rotatable bonds is 11. The van der Waals surface area contributed by atoms with Crippen molar-refractivity contribution in [3.63, 3.8) is 0 Å². The van der Waals surface area contributed by atoms with Gasteiger partial charge in [0.05, 0.1) is 19.6 Å². The number of nitrogens with zero attached hydrogens (tertiary/aromatic N) is 1. The van der Waals surface area contributed by atoms with Crippen LogP contribution in [0, 0.1) is 0 Å². The number of hydrogen-bond acceptors (Lipinski definition) is 5. The molecule has 0 spiro atoms. The van der Waals surface area contributed by atoms with E-state index in [-0.39, 0.29) is 11.9 Å². The van der Waals surface area contributed by atoms with Crippen LogP contribution in [0.5, 0.6) is 5.75 Å². The summed E-state index contributed by atoms with van der Waals surface area (Å²) >= 11 is 0. The van der Waals surface area contributed by atoms with Crippen LogP contribution in [0.15, 0.2) is 42.6 Å². The standard InChI is InChI=1S/C24H31N3O3/c1-4-7-17(14-24(28)29-5-2)21-16-26-22-11-10-19(15-20(21)22)30-13-12-18-8-6-9-23(25-3)27-18/h6,8-11,15-17,26H,4-5,7,12-14H2,1-3H3,(H,25,27). The van der Waals surface area contributed by atoms with E-state index in [9.17, 15) is 4.79 Å².